The van der Waals surface area contributed by atoms with Crippen LogP contribution < -0.4 is 15.7 Å². The summed E-state index contributed by atoms with van der Waals surface area (Å²) in [7, 11) is -3.06. The van der Waals surface area contributed by atoms with Crippen molar-refractivity contribution in [1.29, 1.82) is 0 Å². The molecule has 0 unspecified atom stereocenters. The van der Waals surface area contributed by atoms with E-state index in [4.69, 9.17) is 9.15 Å². The third-order valence-corrected chi connectivity index (χ3v) is 7.36. The number of sulfone groups is 1. The van der Waals surface area contributed by atoms with Crippen LogP contribution in [0.5, 0.6) is 5.75 Å². The van der Waals surface area contributed by atoms with E-state index in [1.54, 1.807) is 6.07 Å². The van der Waals surface area contributed by atoms with E-state index in [0.29, 0.717) is 24.2 Å². The molecular formula is C25H27NO6S. The van der Waals surface area contributed by atoms with Gasteiger partial charge in [0.1, 0.15) is 11.3 Å². The summed E-state index contributed by atoms with van der Waals surface area (Å²) in [5.41, 5.74) is 2.42. The van der Waals surface area contributed by atoms with E-state index < -0.39 is 15.5 Å². The zero-order valence-corrected chi connectivity index (χ0v) is 19.5. The van der Waals surface area contributed by atoms with E-state index in [2.05, 4.69) is 5.32 Å². The highest BCUT2D eigenvalue weighted by atomic mass is 32.2. The van der Waals surface area contributed by atoms with Gasteiger partial charge < -0.3 is 14.5 Å². The maximum Gasteiger partial charge on any atom is 0.336 e. The number of carbonyl (C=O) groups is 1. The maximum absolute atomic E-state index is 12.5. The van der Waals surface area contributed by atoms with E-state index in [-0.39, 0.29) is 36.0 Å². The van der Waals surface area contributed by atoms with Crippen LogP contribution in [0.1, 0.15) is 32.3 Å². The SMILES string of the molecule is CC(C)Oc1cc2oc(=O)cc(-c3ccccc3)c2cc1CCC(=O)N[C@H]1CCS(=O)(=O)C1. The lowest BCUT2D eigenvalue weighted by Gasteiger charge is -2.17. The van der Waals surface area contributed by atoms with Gasteiger partial charge in [0.05, 0.1) is 17.6 Å². The first-order valence-electron chi connectivity index (χ1n) is 11.0. The fourth-order valence-corrected chi connectivity index (χ4v) is 5.78. The molecule has 1 atom stereocenters. The Morgan fingerprint density at radius 1 is 1.18 bits per heavy atom. The van der Waals surface area contributed by atoms with E-state index in [9.17, 15) is 18.0 Å². The molecule has 1 aliphatic heterocycles. The zero-order chi connectivity index (χ0) is 23.6. The summed E-state index contributed by atoms with van der Waals surface area (Å²) in [5, 5.41) is 3.59. The summed E-state index contributed by atoms with van der Waals surface area (Å²) < 4.78 is 34.7. The zero-order valence-electron chi connectivity index (χ0n) is 18.7. The third-order valence-electron chi connectivity index (χ3n) is 5.59. The van der Waals surface area contributed by atoms with Gasteiger partial charge in [-0.15, -0.1) is 0 Å². The van der Waals surface area contributed by atoms with Crippen molar-refractivity contribution in [2.75, 3.05) is 11.5 Å². The van der Waals surface area contributed by atoms with E-state index in [1.165, 1.54) is 6.07 Å². The smallest absolute Gasteiger partial charge is 0.336 e. The first-order valence-corrected chi connectivity index (χ1v) is 12.8. The lowest BCUT2D eigenvalue weighted by Crippen LogP contribution is -2.35. The second kappa shape index (κ2) is 9.39. The molecule has 0 bridgehead atoms. The number of aryl methyl sites for hydroxylation is 1. The van der Waals surface area contributed by atoms with Crippen LogP contribution in [0.15, 0.2) is 57.7 Å². The molecule has 0 aliphatic carbocycles. The number of amides is 1. The van der Waals surface area contributed by atoms with Crippen molar-refractivity contribution >= 4 is 26.7 Å². The number of nitrogens with one attached hydrogen (secondary N) is 1. The first-order chi connectivity index (χ1) is 15.7. The van der Waals surface area contributed by atoms with Crippen molar-refractivity contribution in [2.45, 2.75) is 45.3 Å². The maximum atomic E-state index is 12.5. The minimum absolute atomic E-state index is 0.00407. The van der Waals surface area contributed by atoms with Gasteiger partial charge in [-0.3, -0.25) is 4.79 Å². The van der Waals surface area contributed by atoms with Gasteiger partial charge in [0, 0.05) is 30.0 Å². The Morgan fingerprint density at radius 2 is 1.94 bits per heavy atom. The van der Waals surface area contributed by atoms with Gasteiger partial charge in [-0.05, 0) is 49.4 Å². The molecule has 174 valence electrons. The largest absolute Gasteiger partial charge is 0.491 e. The summed E-state index contributed by atoms with van der Waals surface area (Å²) >= 11 is 0. The van der Waals surface area contributed by atoms with Gasteiger partial charge in [-0.2, -0.15) is 0 Å². The molecule has 4 rings (SSSR count). The van der Waals surface area contributed by atoms with E-state index >= 15 is 0 Å². The minimum Gasteiger partial charge on any atom is -0.491 e. The predicted molar refractivity (Wildman–Crippen MR) is 127 cm³/mol. The number of rotatable bonds is 7. The Morgan fingerprint density at radius 3 is 2.61 bits per heavy atom. The summed E-state index contributed by atoms with van der Waals surface area (Å²) in [6.07, 6.45) is 0.929. The Bertz CT molecular complexity index is 1330. The second-order valence-corrected chi connectivity index (χ2v) is 10.9. The fraction of sp³-hybridized carbons (Fsp3) is 0.360. The molecule has 1 aromatic heterocycles. The summed E-state index contributed by atoms with van der Waals surface area (Å²) in [6.45, 7) is 3.80. The number of ether oxygens (including phenoxy) is 1. The molecule has 8 heteroatoms. The van der Waals surface area contributed by atoms with Crippen molar-refractivity contribution < 1.29 is 22.4 Å². The molecule has 1 aliphatic rings. The Balaban J connectivity index is 1.64. The summed E-state index contributed by atoms with van der Waals surface area (Å²) in [4.78, 5) is 24.7. The van der Waals surface area contributed by atoms with Gasteiger partial charge in [0.25, 0.3) is 0 Å². The van der Waals surface area contributed by atoms with Crippen molar-refractivity contribution in [3.8, 4) is 16.9 Å². The molecular weight excluding hydrogens is 442 g/mol. The monoisotopic (exact) mass is 469 g/mol. The summed E-state index contributed by atoms with van der Waals surface area (Å²) in [6, 6.07) is 14.3. The lowest BCUT2D eigenvalue weighted by atomic mass is 9.98. The molecule has 2 heterocycles. The van der Waals surface area contributed by atoms with Crippen LogP contribution in [0.4, 0.5) is 0 Å². The van der Waals surface area contributed by atoms with Gasteiger partial charge >= 0.3 is 5.63 Å². The molecule has 1 N–H and O–H groups in total. The molecule has 2 aromatic carbocycles. The molecule has 1 amide bonds. The molecule has 33 heavy (non-hydrogen) atoms. The van der Waals surface area contributed by atoms with Gasteiger partial charge in [-0.25, -0.2) is 13.2 Å². The molecule has 1 fully saturated rings. The average Bonchev–Trinajstić information content (AvgIpc) is 3.10. The van der Waals surface area contributed by atoms with E-state index in [0.717, 1.165) is 22.1 Å². The highest BCUT2D eigenvalue weighted by Gasteiger charge is 2.28. The normalized spacial score (nSPS) is 17.4. The predicted octanol–water partition coefficient (Wildman–Crippen LogP) is 3.48. The van der Waals surface area contributed by atoms with Crippen molar-refractivity contribution in [1.82, 2.24) is 5.32 Å². The molecule has 0 saturated carbocycles. The van der Waals surface area contributed by atoms with Crippen molar-refractivity contribution in [2.24, 2.45) is 0 Å². The van der Waals surface area contributed by atoms with Crippen LogP contribution in [0.3, 0.4) is 0 Å². The number of fused-ring (bicyclic) bond motifs is 1. The Kier molecular flexibility index (Phi) is 6.56. The quantitative estimate of drug-likeness (QED) is 0.532. The van der Waals surface area contributed by atoms with Crippen LogP contribution in [0, 0.1) is 0 Å². The molecule has 3 aromatic rings. The van der Waals surface area contributed by atoms with Crippen molar-refractivity contribution in [3.63, 3.8) is 0 Å². The van der Waals surface area contributed by atoms with Crippen LogP contribution >= 0.6 is 0 Å². The highest BCUT2D eigenvalue weighted by molar-refractivity contribution is 7.91. The van der Waals surface area contributed by atoms with Gasteiger partial charge in [0.15, 0.2) is 9.84 Å². The van der Waals surface area contributed by atoms with E-state index in [1.807, 2.05) is 50.2 Å². The standard InChI is InChI=1S/C25H27NO6S/c1-16(2)31-22-14-23-21(20(13-25(28)32-23)17-6-4-3-5-7-17)12-18(22)8-9-24(27)26-19-10-11-33(29,30)15-19/h3-7,12-14,16,19H,8-11,15H2,1-2H3,(H,26,27)/t19-/m0/s1. The van der Waals surface area contributed by atoms with Crippen molar-refractivity contribution in [3.05, 3.63) is 64.5 Å². The topological polar surface area (TPSA) is 103 Å². The first kappa shape index (κ1) is 23.0. The van der Waals surface area contributed by atoms with Crippen LogP contribution in [-0.4, -0.2) is 38.0 Å². The third kappa shape index (κ3) is 5.63. The number of carbonyl (C=O) groups excluding carboxylic acids is 1. The molecule has 1 saturated heterocycles. The number of hydrogen-bond acceptors (Lipinski definition) is 6. The highest BCUT2D eigenvalue weighted by Crippen LogP contribution is 2.33. The van der Waals surface area contributed by atoms with Gasteiger partial charge in [-0.1, -0.05) is 30.3 Å². The fourth-order valence-electron chi connectivity index (χ4n) is 4.11. The second-order valence-electron chi connectivity index (χ2n) is 8.64. The molecule has 0 radical (unpaired) electrons. The Labute approximate surface area is 192 Å². The average molecular weight is 470 g/mol. The number of hydrogen-bond donors (Lipinski definition) is 1. The number of benzene rings is 2. The van der Waals surface area contributed by atoms with Gasteiger partial charge in [0.2, 0.25) is 5.91 Å². The Hall–Kier alpha value is -3.13. The van der Waals surface area contributed by atoms with Crippen LogP contribution in [-0.2, 0) is 21.1 Å². The van der Waals surface area contributed by atoms with Crippen LogP contribution in [0.2, 0.25) is 0 Å². The minimum atomic E-state index is -3.06. The summed E-state index contributed by atoms with van der Waals surface area (Å²) in [5.74, 6) is 0.468. The van der Waals surface area contributed by atoms with Crippen LogP contribution in [0.25, 0.3) is 22.1 Å². The molecule has 0 spiro atoms. The lowest BCUT2D eigenvalue weighted by molar-refractivity contribution is -0.121. The molecule has 7 nitrogen and oxygen atoms in total.